The molecule has 5 heteroatoms. The summed E-state index contributed by atoms with van der Waals surface area (Å²) in [6.07, 6.45) is 0.678. The third-order valence-electron chi connectivity index (χ3n) is 5.24. The van der Waals surface area contributed by atoms with Crippen LogP contribution in [0.1, 0.15) is 30.5 Å². The molecule has 1 atom stereocenters. The van der Waals surface area contributed by atoms with Gasteiger partial charge < -0.3 is 15.1 Å². The number of fused-ring (bicyclic) bond motifs is 1. The molecule has 3 aromatic rings. The molecule has 1 saturated heterocycles. The SMILES string of the molecule is CCCN1C(=O)C(=O)/C(=C(\O)c2ccc3ccccc3c2)C1c1ccc(O)cc1. The molecule has 29 heavy (non-hydrogen) atoms. The fourth-order valence-corrected chi connectivity index (χ4v) is 3.85. The molecule has 0 aromatic heterocycles. The number of Topliss-reactive ketones (excluding diaryl/α,β-unsaturated/α-hetero) is 1. The van der Waals surface area contributed by atoms with Gasteiger partial charge in [-0.15, -0.1) is 0 Å². The quantitative estimate of drug-likeness (QED) is 0.396. The van der Waals surface area contributed by atoms with Crippen LogP contribution in [0.2, 0.25) is 0 Å². The van der Waals surface area contributed by atoms with Crippen molar-refractivity contribution < 1.29 is 19.8 Å². The van der Waals surface area contributed by atoms with Crippen molar-refractivity contribution in [2.45, 2.75) is 19.4 Å². The number of hydrogen-bond donors (Lipinski definition) is 2. The number of aliphatic hydroxyl groups is 1. The highest BCUT2D eigenvalue weighted by atomic mass is 16.3. The van der Waals surface area contributed by atoms with Gasteiger partial charge in [-0.1, -0.05) is 55.5 Å². The van der Waals surface area contributed by atoms with Crippen LogP contribution < -0.4 is 0 Å². The van der Waals surface area contributed by atoms with Crippen LogP contribution in [0.25, 0.3) is 16.5 Å². The smallest absolute Gasteiger partial charge is 0.295 e. The Bertz CT molecular complexity index is 1130. The normalized spacial score (nSPS) is 18.5. The van der Waals surface area contributed by atoms with Gasteiger partial charge in [0.15, 0.2) is 0 Å². The Morgan fingerprint density at radius 1 is 0.966 bits per heavy atom. The number of hydrogen-bond acceptors (Lipinski definition) is 4. The maximum Gasteiger partial charge on any atom is 0.295 e. The van der Waals surface area contributed by atoms with Gasteiger partial charge in [-0.2, -0.15) is 0 Å². The van der Waals surface area contributed by atoms with Gasteiger partial charge in [-0.05, 0) is 41.0 Å². The van der Waals surface area contributed by atoms with E-state index in [1.54, 1.807) is 18.2 Å². The van der Waals surface area contributed by atoms with E-state index in [1.807, 2.05) is 43.3 Å². The van der Waals surface area contributed by atoms with Crippen LogP contribution in [0.5, 0.6) is 5.75 Å². The molecule has 0 saturated carbocycles. The van der Waals surface area contributed by atoms with Crippen LogP contribution in [-0.2, 0) is 9.59 Å². The van der Waals surface area contributed by atoms with Crippen LogP contribution in [-0.4, -0.2) is 33.3 Å². The minimum atomic E-state index is -0.693. The van der Waals surface area contributed by atoms with E-state index < -0.39 is 17.7 Å². The van der Waals surface area contributed by atoms with E-state index in [0.717, 1.165) is 10.8 Å². The molecular formula is C24H21NO4. The molecule has 5 nitrogen and oxygen atoms in total. The molecule has 1 unspecified atom stereocenters. The van der Waals surface area contributed by atoms with E-state index >= 15 is 0 Å². The fourth-order valence-electron chi connectivity index (χ4n) is 3.85. The number of phenols is 1. The van der Waals surface area contributed by atoms with Gasteiger partial charge in [0.1, 0.15) is 11.5 Å². The molecule has 0 radical (unpaired) electrons. The number of carbonyl (C=O) groups excluding carboxylic acids is 2. The van der Waals surface area contributed by atoms with E-state index in [4.69, 9.17) is 0 Å². The zero-order valence-corrected chi connectivity index (χ0v) is 16.0. The summed E-state index contributed by atoms with van der Waals surface area (Å²) in [5.74, 6) is -1.41. The topological polar surface area (TPSA) is 77.8 Å². The van der Waals surface area contributed by atoms with Gasteiger partial charge in [-0.25, -0.2) is 0 Å². The van der Waals surface area contributed by atoms with Crippen molar-refractivity contribution in [1.82, 2.24) is 4.90 Å². The molecule has 146 valence electrons. The molecule has 0 spiro atoms. The largest absolute Gasteiger partial charge is 0.508 e. The lowest BCUT2D eigenvalue weighted by atomic mass is 9.94. The van der Waals surface area contributed by atoms with Crippen molar-refractivity contribution >= 4 is 28.2 Å². The first-order valence-electron chi connectivity index (χ1n) is 9.57. The number of aliphatic hydroxyl groups excluding tert-OH is 1. The standard InChI is InChI=1S/C24H21NO4/c1-2-13-25-21(16-9-11-19(26)12-10-16)20(23(28)24(25)29)22(27)18-8-7-15-5-3-4-6-17(15)14-18/h3-12,14,21,26-27H,2,13H2,1H3/b22-20-. The second-order valence-electron chi connectivity index (χ2n) is 7.15. The second-order valence-corrected chi connectivity index (χ2v) is 7.15. The van der Waals surface area contributed by atoms with Crippen molar-refractivity contribution in [2.24, 2.45) is 0 Å². The second kappa shape index (κ2) is 7.43. The first-order valence-corrected chi connectivity index (χ1v) is 9.57. The number of phenolic OH excluding ortho intramolecular Hbond substituents is 1. The average molecular weight is 387 g/mol. The molecule has 1 aliphatic heterocycles. The minimum Gasteiger partial charge on any atom is -0.508 e. The number of amides is 1. The molecular weight excluding hydrogens is 366 g/mol. The average Bonchev–Trinajstić information content (AvgIpc) is 2.99. The molecule has 4 rings (SSSR count). The van der Waals surface area contributed by atoms with E-state index in [0.29, 0.717) is 24.1 Å². The number of aromatic hydroxyl groups is 1. The van der Waals surface area contributed by atoms with Crippen LogP contribution in [0, 0.1) is 0 Å². The van der Waals surface area contributed by atoms with Gasteiger partial charge in [0.2, 0.25) is 0 Å². The Kier molecular flexibility index (Phi) is 4.80. The van der Waals surface area contributed by atoms with Gasteiger partial charge in [0, 0.05) is 12.1 Å². The maximum atomic E-state index is 12.9. The predicted octanol–water partition coefficient (Wildman–Crippen LogP) is 4.38. The summed E-state index contributed by atoms with van der Waals surface area (Å²) in [6, 6.07) is 18.8. The van der Waals surface area contributed by atoms with Gasteiger partial charge in [0.25, 0.3) is 11.7 Å². The fraction of sp³-hybridized carbons (Fsp3) is 0.167. The zero-order valence-electron chi connectivity index (χ0n) is 16.0. The lowest BCUT2D eigenvalue weighted by molar-refractivity contribution is -0.139. The summed E-state index contributed by atoms with van der Waals surface area (Å²) in [5, 5.41) is 22.6. The molecule has 2 N–H and O–H groups in total. The number of carbonyl (C=O) groups is 2. The Labute approximate surface area is 168 Å². The Hall–Kier alpha value is -3.60. The lowest BCUT2D eigenvalue weighted by Gasteiger charge is -2.24. The highest BCUT2D eigenvalue weighted by Crippen LogP contribution is 2.40. The summed E-state index contributed by atoms with van der Waals surface area (Å²) in [6.45, 7) is 2.32. The Morgan fingerprint density at radius 2 is 1.66 bits per heavy atom. The minimum absolute atomic E-state index is 0.0735. The zero-order chi connectivity index (χ0) is 20.5. The summed E-state index contributed by atoms with van der Waals surface area (Å²) in [7, 11) is 0. The molecule has 1 aliphatic rings. The van der Waals surface area contributed by atoms with Crippen molar-refractivity contribution in [3.63, 3.8) is 0 Å². The summed E-state index contributed by atoms with van der Waals surface area (Å²) in [5.41, 5.74) is 1.23. The Balaban J connectivity index is 1.89. The monoisotopic (exact) mass is 387 g/mol. The third kappa shape index (κ3) is 3.25. The van der Waals surface area contributed by atoms with E-state index in [2.05, 4.69) is 0 Å². The van der Waals surface area contributed by atoms with Crippen molar-refractivity contribution in [3.8, 4) is 5.75 Å². The number of likely N-dealkylation sites (tertiary alicyclic amines) is 1. The lowest BCUT2D eigenvalue weighted by Crippen LogP contribution is -2.30. The number of rotatable bonds is 4. The number of benzene rings is 3. The molecule has 0 aliphatic carbocycles. The molecule has 1 amide bonds. The van der Waals surface area contributed by atoms with E-state index in [9.17, 15) is 19.8 Å². The van der Waals surface area contributed by atoms with E-state index in [1.165, 1.54) is 17.0 Å². The first kappa shape index (κ1) is 18.7. The van der Waals surface area contributed by atoms with Crippen LogP contribution in [0.4, 0.5) is 0 Å². The van der Waals surface area contributed by atoms with Crippen molar-refractivity contribution in [3.05, 3.63) is 83.4 Å². The molecule has 0 bridgehead atoms. The van der Waals surface area contributed by atoms with Crippen molar-refractivity contribution in [1.29, 1.82) is 0 Å². The van der Waals surface area contributed by atoms with Crippen LogP contribution >= 0.6 is 0 Å². The Morgan fingerprint density at radius 3 is 2.34 bits per heavy atom. The summed E-state index contributed by atoms with van der Waals surface area (Å²) in [4.78, 5) is 27.0. The van der Waals surface area contributed by atoms with Gasteiger partial charge in [-0.3, -0.25) is 9.59 Å². The van der Waals surface area contributed by atoms with Crippen LogP contribution in [0.3, 0.4) is 0 Å². The third-order valence-corrected chi connectivity index (χ3v) is 5.24. The maximum absolute atomic E-state index is 12.9. The highest BCUT2D eigenvalue weighted by molar-refractivity contribution is 6.46. The molecule has 3 aromatic carbocycles. The summed E-state index contributed by atoms with van der Waals surface area (Å²) < 4.78 is 0. The highest BCUT2D eigenvalue weighted by Gasteiger charge is 2.45. The van der Waals surface area contributed by atoms with E-state index in [-0.39, 0.29) is 17.1 Å². The van der Waals surface area contributed by atoms with Crippen LogP contribution in [0.15, 0.2) is 72.3 Å². The van der Waals surface area contributed by atoms with Crippen molar-refractivity contribution in [2.75, 3.05) is 6.54 Å². The molecule has 1 heterocycles. The number of ketones is 1. The predicted molar refractivity (Wildman–Crippen MR) is 111 cm³/mol. The van der Waals surface area contributed by atoms with Gasteiger partial charge in [0.05, 0.1) is 11.6 Å². The van der Waals surface area contributed by atoms with Gasteiger partial charge >= 0.3 is 0 Å². The summed E-state index contributed by atoms with van der Waals surface area (Å²) >= 11 is 0. The number of nitrogens with zero attached hydrogens (tertiary/aromatic N) is 1. The first-order chi connectivity index (χ1) is 14.0. The molecule has 1 fully saturated rings.